The summed E-state index contributed by atoms with van der Waals surface area (Å²) >= 11 is 5.46. The molecule has 1 nitrogen and oxygen atoms in total. The standard InChI is InChI=1S/C9H10ClF2N/c1-13-3-2-6-4-7(10)9(12)8(11)5-6/h4-5,13H,2-3H2,1H3. The Bertz CT molecular complexity index is 279. The maximum atomic E-state index is 12.8. The monoisotopic (exact) mass is 205 g/mol. The van der Waals surface area contributed by atoms with Crippen molar-refractivity contribution in [1.82, 2.24) is 5.32 Å². The third-order valence-corrected chi connectivity index (χ3v) is 1.98. The molecule has 0 heterocycles. The van der Waals surface area contributed by atoms with Crippen molar-refractivity contribution in [2.75, 3.05) is 13.6 Å². The number of rotatable bonds is 3. The molecule has 4 heteroatoms. The van der Waals surface area contributed by atoms with Crippen LogP contribution >= 0.6 is 11.6 Å². The van der Waals surface area contributed by atoms with E-state index < -0.39 is 11.6 Å². The second-order valence-electron chi connectivity index (χ2n) is 2.73. The van der Waals surface area contributed by atoms with Crippen LogP contribution in [0.15, 0.2) is 12.1 Å². The minimum Gasteiger partial charge on any atom is -0.319 e. The summed E-state index contributed by atoms with van der Waals surface area (Å²) in [5, 5.41) is 2.75. The van der Waals surface area contributed by atoms with Gasteiger partial charge in [-0.1, -0.05) is 11.6 Å². The highest BCUT2D eigenvalue weighted by Crippen LogP contribution is 2.19. The molecule has 0 fully saturated rings. The van der Waals surface area contributed by atoms with Gasteiger partial charge in [-0.3, -0.25) is 0 Å². The Labute approximate surface area is 80.7 Å². The third kappa shape index (κ3) is 2.64. The van der Waals surface area contributed by atoms with Gasteiger partial charge in [0.25, 0.3) is 0 Å². The molecule has 0 atom stereocenters. The van der Waals surface area contributed by atoms with E-state index in [1.807, 2.05) is 0 Å². The maximum absolute atomic E-state index is 12.8. The van der Waals surface area contributed by atoms with E-state index in [9.17, 15) is 8.78 Å². The van der Waals surface area contributed by atoms with E-state index in [2.05, 4.69) is 5.32 Å². The molecule has 0 saturated heterocycles. The van der Waals surface area contributed by atoms with E-state index in [1.165, 1.54) is 12.1 Å². The Morgan fingerprint density at radius 1 is 1.38 bits per heavy atom. The first kappa shape index (κ1) is 10.4. The van der Waals surface area contributed by atoms with Crippen LogP contribution in [0.25, 0.3) is 0 Å². The highest BCUT2D eigenvalue weighted by molar-refractivity contribution is 6.30. The Morgan fingerprint density at radius 2 is 2.08 bits per heavy atom. The zero-order valence-corrected chi connectivity index (χ0v) is 7.96. The topological polar surface area (TPSA) is 12.0 Å². The van der Waals surface area contributed by atoms with Crippen molar-refractivity contribution < 1.29 is 8.78 Å². The Kier molecular flexibility index (Phi) is 3.63. The minimum atomic E-state index is -0.977. The van der Waals surface area contributed by atoms with Crippen LogP contribution in [0.3, 0.4) is 0 Å². The average molecular weight is 206 g/mol. The van der Waals surface area contributed by atoms with E-state index in [0.29, 0.717) is 18.5 Å². The summed E-state index contributed by atoms with van der Waals surface area (Å²) in [6.07, 6.45) is 0.632. The van der Waals surface area contributed by atoms with Crippen molar-refractivity contribution in [1.29, 1.82) is 0 Å². The molecule has 0 radical (unpaired) electrons. The van der Waals surface area contributed by atoms with Gasteiger partial charge in [0.1, 0.15) is 0 Å². The van der Waals surface area contributed by atoms with Gasteiger partial charge in [-0.15, -0.1) is 0 Å². The van der Waals surface area contributed by atoms with Gasteiger partial charge in [-0.05, 0) is 37.7 Å². The van der Waals surface area contributed by atoms with Gasteiger partial charge in [-0.2, -0.15) is 0 Å². The largest absolute Gasteiger partial charge is 0.319 e. The molecule has 0 bridgehead atoms. The number of benzene rings is 1. The van der Waals surface area contributed by atoms with Gasteiger partial charge in [0.2, 0.25) is 0 Å². The third-order valence-electron chi connectivity index (χ3n) is 1.71. The lowest BCUT2D eigenvalue weighted by atomic mass is 10.1. The van der Waals surface area contributed by atoms with Crippen LogP contribution in [0.4, 0.5) is 8.78 Å². The normalized spacial score (nSPS) is 10.5. The number of halogens is 3. The highest BCUT2D eigenvalue weighted by Gasteiger charge is 2.08. The molecule has 0 saturated carbocycles. The number of hydrogen-bond donors (Lipinski definition) is 1. The molecule has 1 aromatic carbocycles. The summed E-state index contributed by atoms with van der Waals surface area (Å²) in [4.78, 5) is 0. The van der Waals surface area contributed by atoms with Gasteiger partial charge in [0, 0.05) is 0 Å². The first-order valence-corrected chi connectivity index (χ1v) is 4.31. The zero-order chi connectivity index (χ0) is 9.84. The smallest absolute Gasteiger partial charge is 0.177 e. The first-order chi connectivity index (χ1) is 6.15. The second-order valence-corrected chi connectivity index (χ2v) is 3.13. The predicted octanol–water partition coefficient (Wildman–Crippen LogP) is 2.38. The Balaban J connectivity index is 2.86. The molecule has 1 aromatic rings. The number of likely N-dealkylation sites (N-methyl/N-ethyl adjacent to an activating group) is 1. The second kappa shape index (κ2) is 4.53. The van der Waals surface area contributed by atoms with E-state index in [-0.39, 0.29) is 5.02 Å². The van der Waals surface area contributed by atoms with Crippen LogP contribution in [0.1, 0.15) is 5.56 Å². The maximum Gasteiger partial charge on any atom is 0.177 e. The predicted molar refractivity (Wildman–Crippen MR) is 49.0 cm³/mol. The molecule has 0 aliphatic heterocycles. The Hall–Kier alpha value is -0.670. The van der Waals surface area contributed by atoms with Gasteiger partial charge >= 0.3 is 0 Å². The molecular weight excluding hydrogens is 196 g/mol. The van der Waals surface area contributed by atoms with Crippen LogP contribution in [0, 0.1) is 11.6 Å². The summed E-state index contributed by atoms with van der Waals surface area (Å²) in [5.41, 5.74) is 0.693. The lowest BCUT2D eigenvalue weighted by molar-refractivity contribution is 0.507. The van der Waals surface area contributed by atoms with Crippen LogP contribution in [0.5, 0.6) is 0 Å². The van der Waals surface area contributed by atoms with Gasteiger partial charge in [-0.25, -0.2) is 8.78 Å². The van der Waals surface area contributed by atoms with Crippen LogP contribution in [-0.2, 0) is 6.42 Å². The van der Waals surface area contributed by atoms with E-state index in [4.69, 9.17) is 11.6 Å². The lowest BCUT2D eigenvalue weighted by Gasteiger charge is -2.03. The van der Waals surface area contributed by atoms with Crippen molar-refractivity contribution in [3.05, 3.63) is 34.4 Å². The van der Waals surface area contributed by atoms with Crippen LogP contribution < -0.4 is 5.32 Å². The van der Waals surface area contributed by atoms with Crippen molar-refractivity contribution in [2.24, 2.45) is 0 Å². The quantitative estimate of drug-likeness (QED) is 0.748. The fourth-order valence-electron chi connectivity index (χ4n) is 1.02. The fraction of sp³-hybridized carbons (Fsp3) is 0.333. The van der Waals surface area contributed by atoms with Gasteiger partial charge < -0.3 is 5.32 Å². The molecule has 72 valence electrons. The number of nitrogens with one attached hydrogen (secondary N) is 1. The van der Waals surface area contributed by atoms with Crippen molar-refractivity contribution >= 4 is 11.6 Å². The summed E-state index contributed by atoms with van der Waals surface area (Å²) in [5.74, 6) is -1.87. The summed E-state index contributed by atoms with van der Waals surface area (Å²) in [7, 11) is 1.79. The molecule has 0 aliphatic carbocycles. The van der Waals surface area contributed by atoms with Crippen molar-refractivity contribution in [2.45, 2.75) is 6.42 Å². The van der Waals surface area contributed by atoms with E-state index in [0.717, 1.165) is 0 Å². The fourth-order valence-corrected chi connectivity index (χ4v) is 1.25. The van der Waals surface area contributed by atoms with Crippen molar-refractivity contribution in [3.63, 3.8) is 0 Å². The summed E-state index contributed by atoms with van der Waals surface area (Å²) < 4.78 is 25.5. The van der Waals surface area contributed by atoms with Gasteiger partial charge in [0.15, 0.2) is 11.6 Å². The van der Waals surface area contributed by atoms with E-state index in [1.54, 1.807) is 7.05 Å². The molecule has 0 spiro atoms. The molecule has 0 aromatic heterocycles. The zero-order valence-electron chi connectivity index (χ0n) is 7.20. The minimum absolute atomic E-state index is 0.161. The SMILES string of the molecule is CNCCc1cc(F)c(F)c(Cl)c1. The summed E-state index contributed by atoms with van der Waals surface area (Å²) in [6.45, 7) is 0.710. The van der Waals surface area contributed by atoms with Crippen LogP contribution in [0.2, 0.25) is 5.02 Å². The molecule has 1 rings (SSSR count). The molecule has 13 heavy (non-hydrogen) atoms. The summed E-state index contributed by atoms with van der Waals surface area (Å²) in [6, 6.07) is 2.61. The molecule has 0 aliphatic rings. The molecule has 1 N–H and O–H groups in total. The Morgan fingerprint density at radius 3 is 2.62 bits per heavy atom. The molecule has 0 unspecified atom stereocenters. The number of hydrogen-bond acceptors (Lipinski definition) is 1. The van der Waals surface area contributed by atoms with E-state index >= 15 is 0 Å². The molecule has 0 amide bonds. The average Bonchev–Trinajstić information content (AvgIpc) is 2.10. The van der Waals surface area contributed by atoms with Crippen molar-refractivity contribution in [3.8, 4) is 0 Å². The lowest BCUT2D eigenvalue weighted by Crippen LogP contribution is -2.10. The molecular formula is C9H10ClF2N. The highest BCUT2D eigenvalue weighted by atomic mass is 35.5. The van der Waals surface area contributed by atoms with Gasteiger partial charge in [0.05, 0.1) is 5.02 Å². The van der Waals surface area contributed by atoms with Crippen LogP contribution in [-0.4, -0.2) is 13.6 Å². The first-order valence-electron chi connectivity index (χ1n) is 3.93.